The van der Waals surface area contributed by atoms with Crippen LogP contribution in [0.3, 0.4) is 0 Å². The first-order chi connectivity index (χ1) is 7.18. The first-order valence-corrected chi connectivity index (χ1v) is 6.34. The molecule has 0 amide bonds. The van der Waals surface area contributed by atoms with Crippen molar-refractivity contribution in [3.8, 4) is 0 Å². The fraction of sp³-hybridized carbons (Fsp3) is 0.750. The Bertz CT molecular complexity index is 377. The van der Waals surface area contributed by atoms with Gasteiger partial charge in [-0.3, -0.25) is 0 Å². The zero-order valence-electron chi connectivity index (χ0n) is 9.62. The van der Waals surface area contributed by atoms with Gasteiger partial charge in [0.05, 0.1) is 0 Å². The summed E-state index contributed by atoms with van der Waals surface area (Å²) in [7, 11) is 0. The van der Waals surface area contributed by atoms with Gasteiger partial charge >= 0.3 is 0 Å². The Morgan fingerprint density at radius 1 is 1.47 bits per heavy atom. The van der Waals surface area contributed by atoms with Crippen LogP contribution < -0.4 is 0 Å². The van der Waals surface area contributed by atoms with E-state index in [-0.39, 0.29) is 0 Å². The standard InChI is InChI=1S/C12H20N2S/c1-9-5-3-4-6-11(9)8-14-10(2)7-13-12(14)15/h7,9,11H,3-6,8H2,1-2H3,(H,13,15). The molecular weight excluding hydrogens is 204 g/mol. The van der Waals surface area contributed by atoms with Crippen LogP contribution in [0.15, 0.2) is 6.20 Å². The molecule has 0 bridgehead atoms. The average Bonchev–Trinajstić information content (AvgIpc) is 2.53. The second kappa shape index (κ2) is 4.52. The number of H-pyrrole nitrogens is 1. The highest BCUT2D eigenvalue weighted by Crippen LogP contribution is 2.30. The van der Waals surface area contributed by atoms with Gasteiger partial charge in [0.15, 0.2) is 4.77 Å². The van der Waals surface area contributed by atoms with E-state index in [1.165, 1.54) is 31.4 Å². The van der Waals surface area contributed by atoms with Gasteiger partial charge in [0.1, 0.15) is 0 Å². The first kappa shape index (κ1) is 10.9. The molecule has 15 heavy (non-hydrogen) atoms. The van der Waals surface area contributed by atoms with E-state index in [2.05, 4.69) is 23.4 Å². The minimum absolute atomic E-state index is 0.819. The molecule has 1 saturated carbocycles. The molecule has 1 aromatic rings. The van der Waals surface area contributed by atoms with Crippen LogP contribution in [0.2, 0.25) is 0 Å². The van der Waals surface area contributed by atoms with Crippen molar-refractivity contribution in [2.24, 2.45) is 11.8 Å². The summed E-state index contributed by atoms with van der Waals surface area (Å²) in [6.07, 6.45) is 7.58. The van der Waals surface area contributed by atoms with Crippen LogP contribution in [0, 0.1) is 23.5 Å². The van der Waals surface area contributed by atoms with Gasteiger partial charge in [-0.15, -0.1) is 0 Å². The van der Waals surface area contributed by atoms with Gasteiger partial charge in [-0.1, -0.05) is 26.2 Å². The van der Waals surface area contributed by atoms with Gasteiger partial charge in [-0.2, -0.15) is 0 Å². The number of imidazole rings is 1. The molecule has 2 rings (SSSR count). The molecule has 1 aliphatic rings. The van der Waals surface area contributed by atoms with Crippen molar-refractivity contribution in [3.05, 3.63) is 16.7 Å². The Morgan fingerprint density at radius 2 is 2.20 bits per heavy atom. The van der Waals surface area contributed by atoms with Crippen molar-refractivity contribution in [1.29, 1.82) is 0 Å². The Labute approximate surface area is 96.7 Å². The molecule has 0 radical (unpaired) electrons. The van der Waals surface area contributed by atoms with E-state index in [0.29, 0.717) is 0 Å². The van der Waals surface area contributed by atoms with Crippen molar-refractivity contribution in [1.82, 2.24) is 9.55 Å². The Morgan fingerprint density at radius 3 is 2.80 bits per heavy atom. The Hall–Kier alpha value is -0.570. The van der Waals surface area contributed by atoms with Crippen LogP contribution in [0.4, 0.5) is 0 Å². The van der Waals surface area contributed by atoms with Crippen LogP contribution >= 0.6 is 12.2 Å². The summed E-state index contributed by atoms with van der Waals surface area (Å²) in [4.78, 5) is 3.12. The minimum atomic E-state index is 0.819. The Kier molecular flexibility index (Phi) is 3.29. The SMILES string of the molecule is Cc1c[nH]c(=S)n1CC1CCCCC1C. The second-order valence-electron chi connectivity index (χ2n) is 4.87. The number of nitrogens with zero attached hydrogens (tertiary/aromatic N) is 1. The zero-order chi connectivity index (χ0) is 10.8. The van der Waals surface area contributed by atoms with Gasteiger partial charge in [0.2, 0.25) is 0 Å². The zero-order valence-corrected chi connectivity index (χ0v) is 10.4. The monoisotopic (exact) mass is 224 g/mol. The maximum absolute atomic E-state index is 5.29. The lowest BCUT2D eigenvalue weighted by atomic mass is 9.80. The molecule has 2 nitrogen and oxygen atoms in total. The summed E-state index contributed by atoms with van der Waals surface area (Å²) in [6.45, 7) is 5.62. The maximum atomic E-state index is 5.29. The van der Waals surface area contributed by atoms with Crippen molar-refractivity contribution in [2.45, 2.75) is 46.1 Å². The molecule has 1 fully saturated rings. The topological polar surface area (TPSA) is 20.7 Å². The van der Waals surface area contributed by atoms with Crippen LogP contribution in [0.25, 0.3) is 0 Å². The van der Waals surface area contributed by atoms with Crippen molar-refractivity contribution < 1.29 is 0 Å². The summed E-state index contributed by atoms with van der Waals surface area (Å²) in [5, 5.41) is 0. The average molecular weight is 224 g/mol. The predicted molar refractivity (Wildman–Crippen MR) is 65.5 cm³/mol. The van der Waals surface area contributed by atoms with Crippen LogP contribution in [-0.2, 0) is 6.54 Å². The summed E-state index contributed by atoms with van der Waals surface area (Å²) in [5.74, 6) is 1.68. The molecule has 2 atom stereocenters. The molecule has 0 saturated heterocycles. The third kappa shape index (κ3) is 2.33. The van der Waals surface area contributed by atoms with Gasteiger partial charge in [0.25, 0.3) is 0 Å². The fourth-order valence-electron chi connectivity index (χ4n) is 2.61. The van der Waals surface area contributed by atoms with E-state index < -0.39 is 0 Å². The van der Waals surface area contributed by atoms with Crippen LogP contribution in [0.5, 0.6) is 0 Å². The molecule has 1 aliphatic carbocycles. The lowest BCUT2D eigenvalue weighted by Crippen LogP contribution is -2.22. The maximum Gasteiger partial charge on any atom is 0.177 e. The number of hydrogen-bond donors (Lipinski definition) is 1. The predicted octanol–water partition coefficient (Wildman–Crippen LogP) is 3.68. The summed E-state index contributed by atoms with van der Waals surface area (Å²) >= 11 is 5.29. The van der Waals surface area contributed by atoms with E-state index in [4.69, 9.17) is 12.2 Å². The molecular formula is C12H20N2S. The molecule has 0 spiro atoms. The van der Waals surface area contributed by atoms with Gasteiger partial charge in [-0.25, -0.2) is 0 Å². The van der Waals surface area contributed by atoms with E-state index >= 15 is 0 Å². The number of aromatic nitrogens is 2. The summed E-state index contributed by atoms with van der Waals surface area (Å²) in [6, 6.07) is 0. The fourth-order valence-corrected chi connectivity index (χ4v) is 2.89. The number of aromatic amines is 1. The number of aryl methyl sites for hydroxylation is 1. The second-order valence-corrected chi connectivity index (χ2v) is 5.25. The normalized spacial score (nSPS) is 26.8. The molecule has 2 unspecified atom stereocenters. The first-order valence-electron chi connectivity index (χ1n) is 5.93. The quantitative estimate of drug-likeness (QED) is 0.760. The smallest absolute Gasteiger partial charge is 0.177 e. The third-order valence-corrected chi connectivity index (χ3v) is 4.12. The molecule has 0 aromatic carbocycles. The highest BCUT2D eigenvalue weighted by Gasteiger charge is 2.22. The number of nitrogens with one attached hydrogen (secondary N) is 1. The molecule has 84 valence electrons. The van der Waals surface area contributed by atoms with E-state index in [9.17, 15) is 0 Å². The Balaban J connectivity index is 2.10. The van der Waals surface area contributed by atoms with E-state index in [1.54, 1.807) is 0 Å². The molecule has 1 aromatic heterocycles. The molecule has 3 heteroatoms. The third-order valence-electron chi connectivity index (χ3n) is 3.78. The van der Waals surface area contributed by atoms with Crippen LogP contribution in [0.1, 0.15) is 38.3 Å². The van der Waals surface area contributed by atoms with Gasteiger partial charge in [0, 0.05) is 18.4 Å². The van der Waals surface area contributed by atoms with Crippen molar-refractivity contribution >= 4 is 12.2 Å². The highest BCUT2D eigenvalue weighted by molar-refractivity contribution is 7.71. The lowest BCUT2D eigenvalue weighted by Gasteiger charge is -2.29. The largest absolute Gasteiger partial charge is 0.337 e. The summed E-state index contributed by atoms with van der Waals surface area (Å²) < 4.78 is 3.13. The van der Waals surface area contributed by atoms with Crippen molar-refractivity contribution in [3.63, 3.8) is 0 Å². The molecule has 1 heterocycles. The highest BCUT2D eigenvalue weighted by atomic mass is 32.1. The van der Waals surface area contributed by atoms with Gasteiger partial charge < -0.3 is 9.55 Å². The van der Waals surface area contributed by atoms with E-state index in [0.717, 1.165) is 23.2 Å². The van der Waals surface area contributed by atoms with Crippen LogP contribution in [-0.4, -0.2) is 9.55 Å². The minimum Gasteiger partial charge on any atom is -0.337 e. The van der Waals surface area contributed by atoms with Crippen molar-refractivity contribution in [2.75, 3.05) is 0 Å². The molecule has 0 aliphatic heterocycles. The van der Waals surface area contributed by atoms with Gasteiger partial charge in [-0.05, 0) is 37.4 Å². The number of rotatable bonds is 2. The summed E-state index contributed by atoms with van der Waals surface area (Å²) in [5.41, 5.74) is 1.26. The number of hydrogen-bond acceptors (Lipinski definition) is 1. The lowest BCUT2D eigenvalue weighted by molar-refractivity contribution is 0.227. The molecule has 1 N–H and O–H groups in total. The van der Waals surface area contributed by atoms with E-state index in [1.807, 2.05) is 6.20 Å².